The van der Waals surface area contributed by atoms with E-state index in [4.69, 9.17) is 0 Å². The summed E-state index contributed by atoms with van der Waals surface area (Å²) in [5, 5.41) is 7.50. The lowest BCUT2D eigenvalue weighted by molar-refractivity contribution is 0.292. The average molecular weight is 337 g/mol. The van der Waals surface area contributed by atoms with Crippen molar-refractivity contribution in [2.24, 2.45) is 0 Å². The van der Waals surface area contributed by atoms with E-state index >= 15 is 0 Å². The maximum Gasteiger partial charge on any atom is 0.246 e. The second-order valence-electron chi connectivity index (χ2n) is 5.31. The number of sulfonamides is 1. The zero-order chi connectivity index (χ0) is 14.9. The Kier molecular flexibility index (Phi) is 6.22. The molecular formula is C13H25ClN4O2S. The van der Waals surface area contributed by atoms with E-state index in [1.54, 1.807) is 15.9 Å². The van der Waals surface area contributed by atoms with Gasteiger partial charge in [-0.15, -0.1) is 12.4 Å². The molecule has 21 heavy (non-hydrogen) atoms. The number of aromatic nitrogens is 2. The zero-order valence-corrected chi connectivity index (χ0v) is 14.7. The average Bonchev–Trinajstić information content (AvgIpc) is 2.73. The maximum absolute atomic E-state index is 12.9. The Morgan fingerprint density at radius 3 is 2.57 bits per heavy atom. The number of hydrogen-bond acceptors (Lipinski definition) is 4. The molecule has 1 fully saturated rings. The fraction of sp³-hybridized carbons (Fsp3) is 0.769. The Balaban J connectivity index is 0.00000220. The van der Waals surface area contributed by atoms with Gasteiger partial charge in [-0.3, -0.25) is 4.68 Å². The van der Waals surface area contributed by atoms with E-state index in [1.807, 2.05) is 20.9 Å². The molecule has 0 amide bonds. The van der Waals surface area contributed by atoms with Crippen LogP contribution in [0.5, 0.6) is 0 Å². The minimum Gasteiger partial charge on any atom is -0.316 e. The highest BCUT2D eigenvalue weighted by Gasteiger charge is 2.33. The summed E-state index contributed by atoms with van der Waals surface area (Å²) in [6.45, 7) is 7.38. The van der Waals surface area contributed by atoms with Crippen LogP contribution in [-0.2, 0) is 16.6 Å². The lowest BCUT2D eigenvalue weighted by Crippen LogP contribution is -2.47. The molecule has 1 saturated heterocycles. The summed E-state index contributed by atoms with van der Waals surface area (Å²) in [5.41, 5.74) is 1.33. The van der Waals surface area contributed by atoms with Gasteiger partial charge in [0.15, 0.2) is 0 Å². The quantitative estimate of drug-likeness (QED) is 0.900. The van der Waals surface area contributed by atoms with Crippen molar-refractivity contribution in [1.82, 2.24) is 19.4 Å². The van der Waals surface area contributed by atoms with Gasteiger partial charge in [-0.25, -0.2) is 8.42 Å². The monoisotopic (exact) mass is 336 g/mol. The summed E-state index contributed by atoms with van der Waals surface area (Å²) < 4.78 is 29.1. The van der Waals surface area contributed by atoms with Gasteiger partial charge < -0.3 is 5.32 Å². The van der Waals surface area contributed by atoms with Gasteiger partial charge in [0.05, 0.1) is 11.4 Å². The van der Waals surface area contributed by atoms with Crippen molar-refractivity contribution >= 4 is 22.4 Å². The molecule has 122 valence electrons. The first-order chi connectivity index (χ1) is 9.41. The van der Waals surface area contributed by atoms with Crippen molar-refractivity contribution in [2.45, 2.75) is 51.1 Å². The van der Waals surface area contributed by atoms with Crippen LogP contribution in [0.1, 0.15) is 31.2 Å². The van der Waals surface area contributed by atoms with Gasteiger partial charge in [0.1, 0.15) is 4.90 Å². The van der Waals surface area contributed by atoms with Crippen LogP contribution in [0.2, 0.25) is 0 Å². The highest BCUT2D eigenvalue weighted by atomic mass is 35.5. The van der Waals surface area contributed by atoms with Crippen LogP contribution in [0, 0.1) is 13.8 Å². The Hall–Kier alpha value is -0.630. The molecule has 1 N–H and O–H groups in total. The minimum atomic E-state index is -3.45. The summed E-state index contributed by atoms with van der Waals surface area (Å²) in [4.78, 5) is 0.385. The maximum atomic E-state index is 12.9. The predicted molar refractivity (Wildman–Crippen MR) is 85.5 cm³/mol. The number of nitrogens with one attached hydrogen (secondary N) is 1. The molecule has 1 aromatic rings. The van der Waals surface area contributed by atoms with Crippen molar-refractivity contribution in [3.8, 4) is 0 Å². The van der Waals surface area contributed by atoms with E-state index in [0.29, 0.717) is 30.2 Å². The highest BCUT2D eigenvalue weighted by molar-refractivity contribution is 7.89. The number of piperidine rings is 1. The van der Waals surface area contributed by atoms with Crippen LogP contribution in [-0.4, -0.2) is 48.7 Å². The van der Waals surface area contributed by atoms with E-state index < -0.39 is 10.0 Å². The Bertz CT molecular complexity index is 585. The molecule has 1 aromatic heterocycles. The lowest BCUT2D eigenvalue weighted by Gasteiger charge is -2.31. The van der Waals surface area contributed by atoms with Gasteiger partial charge in [0.2, 0.25) is 10.0 Å². The number of rotatable bonds is 4. The van der Waals surface area contributed by atoms with Crippen LogP contribution < -0.4 is 5.32 Å². The number of nitrogens with zero attached hydrogens (tertiary/aromatic N) is 3. The van der Waals surface area contributed by atoms with Gasteiger partial charge in [-0.1, -0.05) is 0 Å². The molecule has 6 nitrogen and oxygen atoms in total. The highest BCUT2D eigenvalue weighted by Crippen LogP contribution is 2.26. The van der Waals surface area contributed by atoms with Gasteiger partial charge in [-0.05, 0) is 40.7 Å². The Morgan fingerprint density at radius 1 is 1.38 bits per heavy atom. The molecule has 0 aliphatic carbocycles. The van der Waals surface area contributed by atoms with Crippen molar-refractivity contribution in [2.75, 3.05) is 20.1 Å². The van der Waals surface area contributed by atoms with Crippen LogP contribution >= 0.6 is 12.4 Å². The van der Waals surface area contributed by atoms with Crippen molar-refractivity contribution in [3.63, 3.8) is 0 Å². The molecule has 1 aliphatic rings. The number of halogens is 1. The molecule has 1 unspecified atom stereocenters. The third-order valence-electron chi connectivity index (χ3n) is 4.00. The summed E-state index contributed by atoms with van der Waals surface area (Å²) in [6.07, 6.45) is 1.92. The van der Waals surface area contributed by atoms with E-state index in [-0.39, 0.29) is 18.4 Å². The van der Waals surface area contributed by atoms with E-state index in [9.17, 15) is 8.42 Å². The topological polar surface area (TPSA) is 67.2 Å². The van der Waals surface area contributed by atoms with Crippen LogP contribution in [0.3, 0.4) is 0 Å². The summed E-state index contributed by atoms with van der Waals surface area (Å²) in [6, 6.07) is 0.236. The lowest BCUT2D eigenvalue weighted by atomic mass is 10.1. The van der Waals surface area contributed by atoms with E-state index in [0.717, 1.165) is 18.5 Å². The molecule has 2 rings (SSSR count). The molecule has 0 radical (unpaired) electrons. The number of aryl methyl sites for hydroxylation is 2. The summed E-state index contributed by atoms with van der Waals surface area (Å²) in [5.74, 6) is 0. The standard InChI is InChI=1S/C13H24N4O2S.ClH/c1-5-17-11(3)13(10(2)15-17)20(18,19)16-8-6-7-12(9-16)14-4;/h12,14H,5-9H2,1-4H3;1H. The SMILES string of the molecule is CCn1nc(C)c(S(=O)(=O)N2CCCC(NC)C2)c1C.Cl. The third-order valence-corrected chi connectivity index (χ3v) is 6.12. The summed E-state index contributed by atoms with van der Waals surface area (Å²) >= 11 is 0. The second kappa shape index (κ2) is 7.09. The van der Waals surface area contributed by atoms with Gasteiger partial charge in [0.25, 0.3) is 0 Å². The molecule has 2 heterocycles. The van der Waals surface area contributed by atoms with Crippen molar-refractivity contribution < 1.29 is 8.42 Å². The molecule has 1 atom stereocenters. The first-order valence-electron chi connectivity index (χ1n) is 7.13. The first kappa shape index (κ1) is 18.4. The molecule has 1 aliphatic heterocycles. The largest absolute Gasteiger partial charge is 0.316 e. The molecular weight excluding hydrogens is 312 g/mol. The van der Waals surface area contributed by atoms with Crippen LogP contribution in [0.15, 0.2) is 4.90 Å². The Labute approximate surface area is 133 Å². The van der Waals surface area contributed by atoms with Crippen LogP contribution in [0.4, 0.5) is 0 Å². The second-order valence-corrected chi connectivity index (χ2v) is 7.18. The zero-order valence-electron chi connectivity index (χ0n) is 13.1. The van der Waals surface area contributed by atoms with E-state index in [2.05, 4.69) is 10.4 Å². The van der Waals surface area contributed by atoms with Gasteiger partial charge in [0, 0.05) is 25.7 Å². The molecule has 0 aromatic carbocycles. The van der Waals surface area contributed by atoms with Crippen molar-refractivity contribution in [3.05, 3.63) is 11.4 Å². The molecule has 8 heteroatoms. The predicted octanol–water partition coefficient (Wildman–Crippen LogP) is 1.31. The fourth-order valence-corrected chi connectivity index (χ4v) is 4.78. The minimum absolute atomic E-state index is 0. The summed E-state index contributed by atoms with van der Waals surface area (Å²) in [7, 11) is -1.56. The third kappa shape index (κ3) is 3.41. The van der Waals surface area contributed by atoms with Gasteiger partial charge in [-0.2, -0.15) is 9.40 Å². The van der Waals surface area contributed by atoms with Crippen molar-refractivity contribution in [1.29, 1.82) is 0 Å². The number of hydrogen-bond donors (Lipinski definition) is 1. The van der Waals surface area contributed by atoms with Crippen LogP contribution in [0.25, 0.3) is 0 Å². The first-order valence-corrected chi connectivity index (χ1v) is 8.57. The molecule has 0 spiro atoms. The molecule has 0 bridgehead atoms. The molecule has 0 saturated carbocycles. The smallest absolute Gasteiger partial charge is 0.246 e. The van der Waals surface area contributed by atoms with E-state index in [1.165, 1.54) is 0 Å². The number of likely N-dealkylation sites (N-methyl/N-ethyl adjacent to an activating group) is 1. The van der Waals surface area contributed by atoms with Gasteiger partial charge >= 0.3 is 0 Å². The fourth-order valence-electron chi connectivity index (χ4n) is 2.89. The Morgan fingerprint density at radius 2 is 2.05 bits per heavy atom. The normalized spacial score (nSPS) is 20.3.